The van der Waals surface area contributed by atoms with Crippen molar-refractivity contribution in [1.29, 1.82) is 0 Å². The van der Waals surface area contributed by atoms with Crippen molar-refractivity contribution >= 4 is 10.0 Å². The number of fused-ring (bicyclic) bond motifs is 2. The third-order valence-corrected chi connectivity index (χ3v) is 7.18. The van der Waals surface area contributed by atoms with E-state index in [0.717, 1.165) is 19.3 Å². The molecule has 2 fully saturated rings. The van der Waals surface area contributed by atoms with E-state index in [1.54, 1.807) is 24.3 Å². The number of rotatable bonds is 6. The van der Waals surface area contributed by atoms with Crippen LogP contribution in [0.15, 0.2) is 59.5 Å². The van der Waals surface area contributed by atoms with Gasteiger partial charge in [0.15, 0.2) is 0 Å². The van der Waals surface area contributed by atoms with Crippen LogP contribution in [0, 0.1) is 17.8 Å². The Balaban J connectivity index is 1.48. The van der Waals surface area contributed by atoms with E-state index in [4.69, 9.17) is 4.74 Å². The summed E-state index contributed by atoms with van der Waals surface area (Å²) in [5.74, 6) is 2.11. The number of aliphatic hydroxyl groups is 1. The van der Waals surface area contributed by atoms with Gasteiger partial charge in [0.2, 0.25) is 10.0 Å². The molecule has 0 aromatic heterocycles. The van der Waals surface area contributed by atoms with Crippen LogP contribution in [0.25, 0.3) is 0 Å². The fraction of sp³-hybridized carbons (Fsp3) is 0.400. The summed E-state index contributed by atoms with van der Waals surface area (Å²) >= 11 is 0. The molecule has 0 saturated heterocycles. The zero-order chi connectivity index (χ0) is 18.1. The molecule has 2 aliphatic carbocycles. The minimum Gasteiger partial charge on any atom is -0.457 e. The summed E-state index contributed by atoms with van der Waals surface area (Å²) in [4.78, 5) is 0.220. The lowest BCUT2D eigenvalue weighted by Gasteiger charge is -2.30. The van der Waals surface area contributed by atoms with Crippen LogP contribution in [0.2, 0.25) is 0 Å². The molecule has 0 aliphatic heterocycles. The van der Waals surface area contributed by atoms with Gasteiger partial charge in [-0.2, -0.15) is 0 Å². The van der Waals surface area contributed by atoms with Crippen molar-refractivity contribution in [1.82, 2.24) is 4.72 Å². The van der Waals surface area contributed by atoms with Crippen molar-refractivity contribution in [2.75, 3.05) is 6.61 Å². The molecule has 4 atom stereocenters. The normalized spacial score (nSPS) is 27.6. The number of ether oxygens (including phenoxy) is 1. The van der Waals surface area contributed by atoms with Crippen LogP contribution < -0.4 is 9.46 Å². The van der Waals surface area contributed by atoms with Crippen LogP contribution in [0.5, 0.6) is 11.5 Å². The second kappa shape index (κ2) is 7.02. The predicted molar refractivity (Wildman–Crippen MR) is 98.5 cm³/mol. The van der Waals surface area contributed by atoms with E-state index >= 15 is 0 Å². The molecule has 26 heavy (non-hydrogen) atoms. The molecule has 4 rings (SSSR count). The lowest BCUT2D eigenvalue weighted by molar-refractivity contribution is 0.153. The largest absolute Gasteiger partial charge is 0.457 e. The number of para-hydroxylation sites is 1. The van der Waals surface area contributed by atoms with Gasteiger partial charge < -0.3 is 9.84 Å². The molecule has 6 heteroatoms. The standard InChI is InChI=1S/C20H23NO4S/c22-13-19-14-6-7-15(12-14)20(19)21-26(23,24)18-10-8-17(9-11-18)25-16-4-2-1-3-5-16/h1-5,8-11,14-15,19-22H,6-7,12-13H2. The molecular formula is C20H23NO4S. The lowest BCUT2D eigenvalue weighted by Crippen LogP contribution is -2.45. The van der Waals surface area contributed by atoms with E-state index < -0.39 is 10.0 Å². The highest BCUT2D eigenvalue weighted by atomic mass is 32.2. The van der Waals surface area contributed by atoms with Gasteiger partial charge in [0, 0.05) is 18.6 Å². The van der Waals surface area contributed by atoms with Crippen LogP contribution in [0.1, 0.15) is 19.3 Å². The van der Waals surface area contributed by atoms with Gasteiger partial charge >= 0.3 is 0 Å². The summed E-state index contributed by atoms with van der Waals surface area (Å²) < 4.78 is 34.1. The molecule has 2 saturated carbocycles. The SMILES string of the molecule is O=S(=O)(NC1C2CCC(C2)C1CO)c1ccc(Oc2ccccc2)cc1. The maximum absolute atomic E-state index is 12.8. The second-order valence-electron chi connectivity index (χ2n) is 7.21. The fourth-order valence-corrected chi connectivity index (χ4v) is 5.77. The van der Waals surface area contributed by atoms with Gasteiger partial charge in [-0.15, -0.1) is 0 Å². The topological polar surface area (TPSA) is 75.6 Å². The number of hydrogen-bond acceptors (Lipinski definition) is 4. The molecule has 2 aromatic carbocycles. The fourth-order valence-electron chi connectivity index (χ4n) is 4.42. The number of benzene rings is 2. The van der Waals surface area contributed by atoms with Crippen LogP contribution in [-0.4, -0.2) is 26.2 Å². The Morgan fingerprint density at radius 2 is 1.62 bits per heavy atom. The molecular weight excluding hydrogens is 350 g/mol. The molecule has 2 bridgehead atoms. The molecule has 0 spiro atoms. The average molecular weight is 373 g/mol. The molecule has 4 unspecified atom stereocenters. The van der Waals surface area contributed by atoms with E-state index in [1.807, 2.05) is 30.3 Å². The Morgan fingerprint density at radius 1 is 0.962 bits per heavy atom. The van der Waals surface area contributed by atoms with E-state index in [0.29, 0.717) is 23.3 Å². The Bertz CT molecular complexity index is 851. The molecule has 0 amide bonds. The highest BCUT2D eigenvalue weighted by Crippen LogP contribution is 2.48. The summed E-state index contributed by atoms with van der Waals surface area (Å²) in [5.41, 5.74) is 0. The Kier molecular flexibility index (Phi) is 4.73. The smallest absolute Gasteiger partial charge is 0.240 e. The summed E-state index contributed by atoms with van der Waals surface area (Å²) in [6, 6.07) is 15.6. The van der Waals surface area contributed by atoms with Crippen LogP contribution in [0.4, 0.5) is 0 Å². The molecule has 2 aliphatic rings. The summed E-state index contributed by atoms with van der Waals surface area (Å²) in [5, 5.41) is 9.65. The van der Waals surface area contributed by atoms with E-state index in [9.17, 15) is 13.5 Å². The van der Waals surface area contributed by atoms with E-state index in [-0.39, 0.29) is 23.5 Å². The first kappa shape index (κ1) is 17.5. The van der Waals surface area contributed by atoms with Crippen molar-refractivity contribution in [3.63, 3.8) is 0 Å². The van der Waals surface area contributed by atoms with Gasteiger partial charge in [-0.3, -0.25) is 0 Å². The molecule has 0 radical (unpaired) electrons. The first-order valence-corrected chi connectivity index (χ1v) is 10.5. The maximum Gasteiger partial charge on any atom is 0.240 e. The molecule has 5 nitrogen and oxygen atoms in total. The van der Waals surface area contributed by atoms with Crippen molar-refractivity contribution in [2.45, 2.75) is 30.2 Å². The maximum atomic E-state index is 12.8. The zero-order valence-corrected chi connectivity index (χ0v) is 15.2. The number of nitrogens with one attached hydrogen (secondary N) is 1. The van der Waals surface area contributed by atoms with E-state index in [1.165, 1.54) is 0 Å². The third-order valence-electron chi connectivity index (χ3n) is 5.70. The summed E-state index contributed by atoms with van der Waals surface area (Å²) in [6.07, 6.45) is 3.15. The molecule has 2 N–H and O–H groups in total. The Labute approximate surface area is 154 Å². The minimum atomic E-state index is -3.62. The van der Waals surface area contributed by atoms with Gasteiger partial charge in [0.25, 0.3) is 0 Å². The van der Waals surface area contributed by atoms with Gasteiger partial charge in [0.1, 0.15) is 11.5 Å². The summed E-state index contributed by atoms with van der Waals surface area (Å²) in [7, 11) is -3.62. The monoisotopic (exact) mass is 373 g/mol. The van der Waals surface area contributed by atoms with Crippen molar-refractivity contribution in [3.05, 3.63) is 54.6 Å². The van der Waals surface area contributed by atoms with E-state index in [2.05, 4.69) is 4.72 Å². The first-order chi connectivity index (χ1) is 12.6. The molecule has 2 aromatic rings. The van der Waals surface area contributed by atoms with Crippen molar-refractivity contribution in [3.8, 4) is 11.5 Å². The third kappa shape index (κ3) is 3.37. The average Bonchev–Trinajstić information content (AvgIpc) is 3.24. The highest BCUT2D eigenvalue weighted by Gasteiger charge is 2.48. The quantitative estimate of drug-likeness (QED) is 0.816. The minimum absolute atomic E-state index is 0.0317. The number of sulfonamides is 1. The lowest BCUT2D eigenvalue weighted by atomic mass is 9.86. The van der Waals surface area contributed by atoms with Crippen molar-refractivity contribution < 1.29 is 18.3 Å². The summed E-state index contributed by atoms with van der Waals surface area (Å²) in [6.45, 7) is 0.0399. The Hall–Kier alpha value is -1.89. The van der Waals surface area contributed by atoms with Gasteiger partial charge in [0.05, 0.1) is 4.90 Å². The first-order valence-electron chi connectivity index (χ1n) is 9.03. The number of aliphatic hydroxyl groups excluding tert-OH is 1. The van der Waals surface area contributed by atoms with Gasteiger partial charge in [-0.1, -0.05) is 18.2 Å². The predicted octanol–water partition coefficient (Wildman–Crippen LogP) is 3.16. The number of hydrogen-bond donors (Lipinski definition) is 2. The molecule has 138 valence electrons. The second-order valence-corrected chi connectivity index (χ2v) is 8.93. The van der Waals surface area contributed by atoms with Crippen LogP contribution in [0.3, 0.4) is 0 Å². The van der Waals surface area contributed by atoms with Gasteiger partial charge in [-0.05, 0) is 67.5 Å². The van der Waals surface area contributed by atoms with Crippen molar-refractivity contribution in [2.24, 2.45) is 17.8 Å². The zero-order valence-electron chi connectivity index (χ0n) is 14.4. The van der Waals surface area contributed by atoms with Crippen LogP contribution in [-0.2, 0) is 10.0 Å². The van der Waals surface area contributed by atoms with Gasteiger partial charge in [-0.25, -0.2) is 13.1 Å². The van der Waals surface area contributed by atoms with Crippen LogP contribution >= 0.6 is 0 Å². The Morgan fingerprint density at radius 3 is 2.31 bits per heavy atom. The molecule has 0 heterocycles. The highest BCUT2D eigenvalue weighted by molar-refractivity contribution is 7.89.